The summed E-state index contributed by atoms with van der Waals surface area (Å²) in [6.45, 7) is 1.61. The number of rotatable bonds is 7. The van der Waals surface area contributed by atoms with Crippen molar-refractivity contribution in [2.45, 2.75) is 13.0 Å². The van der Waals surface area contributed by atoms with Gasteiger partial charge in [-0.2, -0.15) is 0 Å². The lowest BCUT2D eigenvalue weighted by molar-refractivity contribution is -0.122. The van der Waals surface area contributed by atoms with E-state index in [-0.39, 0.29) is 5.56 Å². The van der Waals surface area contributed by atoms with Gasteiger partial charge in [0.05, 0.1) is 32.6 Å². The van der Waals surface area contributed by atoms with Gasteiger partial charge in [0.25, 0.3) is 5.91 Å². The topological polar surface area (TPSA) is 83.1 Å². The molecule has 0 aliphatic heterocycles. The van der Waals surface area contributed by atoms with Crippen LogP contribution in [0.25, 0.3) is 0 Å². The molecule has 26 heavy (non-hydrogen) atoms. The molecule has 0 fully saturated rings. The number of amides is 1. The van der Waals surface area contributed by atoms with Crippen LogP contribution in [0.1, 0.15) is 17.3 Å². The Kier molecular flexibility index (Phi) is 6.43. The molecule has 0 aliphatic carbocycles. The van der Waals surface area contributed by atoms with Crippen molar-refractivity contribution in [3.05, 3.63) is 48.0 Å². The molecule has 0 aliphatic rings. The van der Waals surface area contributed by atoms with E-state index in [1.54, 1.807) is 50.4 Å². The molecule has 0 saturated carbocycles. The fourth-order valence-corrected chi connectivity index (χ4v) is 2.18. The minimum absolute atomic E-state index is 0.192. The second kappa shape index (κ2) is 8.75. The number of nitrogens with one attached hydrogen (secondary N) is 1. The Balaban J connectivity index is 2.11. The Morgan fingerprint density at radius 2 is 1.46 bits per heavy atom. The van der Waals surface area contributed by atoms with Crippen LogP contribution in [0.15, 0.2) is 42.5 Å². The van der Waals surface area contributed by atoms with E-state index in [4.69, 9.17) is 18.9 Å². The number of hydrogen-bond acceptors (Lipinski definition) is 6. The van der Waals surface area contributed by atoms with Crippen molar-refractivity contribution < 1.29 is 28.5 Å². The number of esters is 1. The number of carbonyl (C=O) groups is 2. The average Bonchev–Trinajstić information content (AvgIpc) is 2.68. The van der Waals surface area contributed by atoms with Crippen LogP contribution >= 0.6 is 0 Å². The van der Waals surface area contributed by atoms with Crippen LogP contribution in [0, 0.1) is 0 Å². The number of ether oxygens (including phenoxy) is 4. The number of hydrogen-bond donors (Lipinski definition) is 1. The molecule has 0 saturated heterocycles. The highest BCUT2D eigenvalue weighted by molar-refractivity contribution is 6.02. The molecule has 7 heteroatoms. The van der Waals surface area contributed by atoms with Gasteiger partial charge < -0.3 is 24.3 Å². The summed E-state index contributed by atoms with van der Waals surface area (Å²) >= 11 is 0. The average molecular weight is 359 g/mol. The maximum atomic E-state index is 12.4. The molecule has 0 bridgehead atoms. The summed E-state index contributed by atoms with van der Waals surface area (Å²) in [6, 6.07) is 11.6. The van der Waals surface area contributed by atoms with Gasteiger partial charge >= 0.3 is 5.97 Å². The fraction of sp³-hybridized carbons (Fsp3) is 0.263. The van der Waals surface area contributed by atoms with Gasteiger partial charge in [-0.05, 0) is 49.4 Å². The third-order valence-electron chi connectivity index (χ3n) is 3.63. The molecular formula is C19H21NO6. The van der Waals surface area contributed by atoms with Gasteiger partial charge in [-0.15, -0.1) is 0 Å². The van der Waals surface area contributed by atoms with Crippen LogP contribution in [0.3, 0.4) is 0 Å². The highest BCUT2D eigenvalue weighted by atomic mass is 16.5. The molecule has 0 spiro atoms. The first kappa shape index (κ1) is 19.1. The van der Waals surface area contributed by atoms with Crippen LogP contribution < -0.4 is 19.5 Å². The summed E-state index contributed by atoms with van der Waals surface area (Å²) in [4.78, 5) is 24.3. The summed E-state index contributed by atoms with van der Waals surface area (Å²) < 4.78 is 20.5. The molecule has 1 unspecified atom stereocenters. The maximum absolute atomic E-state index is 12.4. The van der Waals surface area contributed by atoms with E-state index in [1.807, 2.05) is 0 Å². The lowest BCUT2D eigenvalue weighted by Gasteiger charge is -2.16. The van der Waals surface area contributed by atoms with E-state index in [1.165, 1.54) is 20.3 Å². The van der Waals surface area contributed by atoms with Gasteiger partial charge in [0, 0.05) is 0 Å². The monoisotopic (exact) mass is 359 g/mol. The van der Waals surface area contributed by atoms with Gasteiger partial charge in [0.1, 0.15) is 17.2 Å². The molecular weight excluding hydrogens is 338 g/mol. The van der Waals surface area contributed by atoms with Gasteiger partial charge in [-0.3, -0.25) is 4.79 Å². The summed E-state index contributed by atoms with van der Waals surface area (Å²) in [5, 5.41) is 2.67. The van der Waals surface area contributed by atoms with Crippen LogP contribution in [-0.2, 0) is 9.53 Å². The molecule has 2 aromatic carbocycles. The highest BCUT2D eigenvalue weighted by Gasteiger charge is 2.19. The molecule has 1 amide bonds. The van der Waals surface area contributed by atoms with Crippen molar-refractivity contribution >= 4 is 17.6 Å². The van der Waals surface area contributed by atoms with Gasteiger partial charge in [-0.25, -0.2) is 4.79 Å². The summed E-state index contributed by atoms with van der Waals surface area (Å²) in [5.41, 5.74) is 0.504. The third kappa shape index (κ3) is 4.66. The Morgan fingerprint density at radius 3 is 2.04 bits per heavy atom. The first-order valence-electron chi connectivity index (χ1n) is 7.86. The number of methoxy groups -OCH3 is 3. The quantitative estimate of drug-likeness (QED) is 0.766. The number of carbonyl (C=O) groups excluding carboxylic acids is 2. The second-order valence-electron chi connectivity index (χ2n) is 5.33. The molecule has 0 aromatic heterocycles. The SMILES string of the molecule is COC(=O)c1cc(OC)ccc1NC(=O)C(C)Oc1ccc(OC)cc1. The number of benzene rings is 2. The zero-order valence-corrected chi connectivity index (χ0v) is 15.1. The van der Waals surface area contributed by atoms with E-state index >= 15 is 0 Å². The van der Waals surface area contributed by atoms with E-state index in [0.29, 0.717) is 22.9 Å². The minimum atomic E-state index is -0.781. The van der Waals surface area contributed by atoms with E-state index in [0.717, 1.165) is 0 Å². The van der Waals surface area contributed by atoms with Crippen LogP contribution in [0.5, 0.6) is 17.2 Å². The standard InChI is InChI=1S/C19H21NO6/c1-12(26-14-7-5-13(23-2)6-8-14)18(21)20-17-10-9-15(24-3)11-16(17)19(22)25-4/h5-12H,1-4H3,(H,20,21). The smallest absolute Gasteiger partial charge is 0.340 e. The minimum Gasteiger partial charge on any atom is -0.497 e. The van der Waals surface area contributed by atoms with Crippen LogP contribution in [0.4, 0.5) is 5.69 Å². The molecule has 2 rings (SSSR count). The van der Waals surface area contributed by atoms with Crippen molar-refractivity contribution in [2.24, 2.45) is 0 Å². The molecule has 2 aromatic rings. The highest BCUT2D eigenvalue weighted by Crippen LogP contribution is 2.24. The predicted octanol–water partition coefficient (Wildman–Crippen LogP) is 2.90. The van der Waals surface area contributed by atoms with Gasteiger partial charge in [-0.1, -0.05) is 0 Å². The lowest BCUT2D eigenvalue weighted by Crippen LogP contribution is -2.30. The fourth-order valence-electron chi connectivity index (χ4n) is 2.18. The Bertz CT molecular complexity index is 772. The first-order chi connectivity index (χ1) is 12.5. The normalized spacial score (nSPS) is 11.2. The van der Waals surface area contributed by atoms with Crippen molar-refractivity contribution in [3.8, 4) is 17.2 Å². The number of anilines is 1. The molecule has 1 N–H and O–H groups in total. The van der Waals surface area contributed by atoms with Gasteiger partial charge in [0.15, 0.2) is 6.10 Å². The maximum Gasteiger partial charge on any atom is 0.340 e. The Hall–Kier alpha value is -3.22. The van der Waals surface area contributed by atoms with Crippen LogP contribution in [-0.4, -0.2) is 39.3 Å². The summed E-state index contributed by atoms with van der Waals surface area (Å²) in [7, 11) is 4.32. The molecule has 7 nitrogen and oxygen atoms in total. The zero-order chi connectivity index (χ0) is 19.1. The second-order valence-corrected chi connectivity index (χ2v) is 5.33. The summed E-state index contributed by atoms with van der Waals surface area (Å²) in [5.74, 6) is 0.705. The van der Waals surface area contributed by atoms with E-state index < -0.39 is 18.0 Å². The third-order valence-corrected chi connectivity index (χ3v) is 3.63. The predicted molar refractivity (Wildman–Crippen MR) is 96.0 cm³/mol. The first-order valence-corrected chi connectivity index (χ1v) is 7.86. The van der Waals surface area contributed by atoms with Crippen molar-refractivity contribution in [1.82, 2.24) is 0 Å². The van der Waals surface area contributed by atoms with Gasteiger partial charge in [0.2, 0.25) is 0 Å². The Labute approximate surface area is 151 Å². The molecule has 0 radical (unpaired) electrons. The molecule has 138 valence electrons. The molecule has 1 atom stereocenters. The lowest BCUT2D eigenvalue weighted by atomic mass is 10.1. The summed E-state index contributed by atoms with van der Waals surface area (Å²) in [6.07, 6.45) is -0.781. The molecule has 0 heterocycles. The van der Waals surface area contributed by atoms with Crippen molar-refractivity contribution in [3.63, 3.8) is 0 Å². The van der Waals surface area contributed by atoms with E-state index in [2.05, 4.69) is 5.32 Å². The van der Waals surface area contributed by atoms with E-state index in [9.17, 15) is 9.59 Å². The zero-order valence-electron chi connectivity index (χ0n) is 15.1. The largest absolute Gasteiger partial charge is 0.497 e. The Morgan fingerprint density at radius 1 is 0.885 bits per heavy atom. The van der Waals surface area contributed by atoms with Crippen molar-refractivity contribution in [2.75, 3.05) is 26.6 Å². The van der Waals surface area contributed by atoms with Crippen LogP contribution in [0.2, 0.25) is 0 Å². The van der Waals surface area contributed by atoms with Crippen molar-refractivity contribution in [1.29, 1.82) is 0 Å².